The van der Waals surface area contributed by atoms with Crippen molar-refractivity contribution in [2.24, 2.45) is 0 Å². The van der Waals surface area contributed by atoms with Gasteiger partial charge in [-0.1, -0.05) is 11.6 Å². The van der Waals surface area contributed by atoms with Crippen LogP contribution in [0.5, 0.6) is 17.2 Å². The Bertz CT molecular complexity index is 1050. The van der Waals surface area contributed by atoms with Gasteiger partial charge in [0.05, 0.1) is 24.9 Å². The fourth-order valence-electron chi connectivity index (χ4n) is 2.42. The fraction of sp³-hybridized carbons (Fsp3) is 0.158. The lowest BCUT2D eigenvalue weighted by atomic mass is 10.2. The van der Waals surface area contributed by atoms with Crippen LogP contribution in [0.15, 0.2) is 51.7 Å². The molecule has 0 saturated heterocycles. The number of hydrogen-bond acceptors (Lipinski definition) is 6. The van der Waals surface area contributed by atoms with E-state index >= 15 is 0 Å². The molecule has 0 aliphatic rings. The van der Waals surface area contributed by atoms with Crippen molar-refractivity contribution in [3.05, 3.63) is 57.9 Å². The third kappa shape index (κ3) is 4.32. The molecule has 0 aliphatic heterocycles. The van der Waals surface area contributed by atoms with Gasteiger partial charge in [-0.25, -0.2) is 4.79 Å². The number of nitrogens with one attached hydrogen (secondary N) is 1. The minimum Gasteiger partial charge on any atom is -0.495 e. The van der Waals surface area contributed by atoms with Crippen molar-refractivity contribution in [2.75, 3.05) is 26.1 Å². The van der Waals surface area contributed by atoms with Gasteiger partial charge < -0.3 is 23.9 Å². The largest absolute Gasteiger partial charge is 0.495 e. The molecule has 0 atom stereocenters. The molecule has 3 rings (SSSR count). The number of halogens is 1. The predicted molar refractivity (Wildman–Crippen MR) is 101 cm³/mol. The molecule has 3 aromatic rings. The first-order chi connectivity index (χ1) is 13.0. The Morgan fingerprint density at radius 3 is 2.56 bits per heavy atom. The summed E-state index contributed by atoms with van der Waals surface area (Å²) in [5, 5.41) is 3.75. The van der Waals surface area contributed by atoms with E-state index in [1.54, 1.807) is 30.3 Å². The first-order valence-corrected chi connectivity index (χ1v) is 8.26. The zero-order valence-electron chi connectivity index (χ0n) is 14.6. The van der Waals surface area contributed by atoms with Crippen LogP contribution in [0.25, 0.3) is 11.0 Å². The van der Waals surface area contributed by atoms with Gasteiger partial charge in [0.2, 0.25) is 0 Å². The summed E-state index contributed by atoms with van der Waals surface area (Å²) in [4.78, 5) is 23.5. The van der Waals surface area contributed by atoms with Crippen molar-refractivity contribution in [2.45, 2.75) is 0 Å². The van der Waals surface area contributed by atoms with Gasteiger partial charge in [0, 0.05) is 23.6 Å². The van der Waals surface area contributed by atoms with Gasteiger partial charge >= 0.3 is 5.63 Å². The Morgan fingerprint density at radius 2 is 1.81 bits per heavy atom. The van der Waals surface area contributed by atoms with E-state index in [0.29, 0.717) is 33.5 Å². The van der Waals surface area contributed by atoms with Gasteiger partial charge in [0.25, 0.3) is 5.91 Å². The van der Waals surface area contributed by atoms with Crippen molar-refractivity contribution in [3.63, 3.8) is 0 Å². The molecule has 8 heteroatoms. The number of amides is 1. The highest BCUT2D eigenvalue weighted by molar-refractivity contribution is 6.32. The number of methoxy groups -OCH3 is 2. The minimum absolute atomic E-state index is 0.255. The average Bonchev–Trinajstić information content (AvgIpc) is 2.66. The van der Waals surface area contributed by atoms with E-state index in [0.717, 1.165) is 5.39 Å². The van der Waals surface area contributed by atoms with Crippen molar-refractivity contribution in [1.82, 2.24) is 0 Å². The molecule has 0 fully saturated rings. The van der Waals surface area contributed by atoms with Crippen LogP contribution in [0, 0.1) is 0 Å². The van der Waals surface area contributed by atoms with E-state index in [2.05, 4.69) is 5.32 Å². The number of carbonyl (C=O) groups is 1. The highest BCUT2D eigenvalue weighted by Gasteiger charge is 2.13. The van der Waals surface area contributed by atoms with Gasteiger partial charge in [-0.2, -0.15) is 0 Å². The van der Waals surface area contributed by atoms with E-state index in [-0.39, 0.29) is 6.61 Å². The quantitative estimate of drug-likeness (QED) is 0.649. The number of anilines is 1. The first-order valence-electron chi connectivity index (χ1n) is 7.88. The van der Waals surface area contributed by atoms with Gasteiger partial charge in [0.15, 0.2) is 6.61 Å². The van der Waals surface area contributed by atoms with Gasteiger partial charge in [0.1, 0.15) is 22.8 Å². The van der Waals surface area contributed by atoms with Crippen molar-refractivity contribution in [3.8, 4) is 17.2 Å². The highest BCUT2D eigenvalue weighted by Crippen LogP contribution is 2.35. The van der Waals surface area contributed by atoms with Crippen LogP contribution in [-0.4, -0.2) is 26.7 Å². The zero-order chi connectivity index (χ0) is 19.4. The number of ether oxygens (including phenoxy) is 3. The SMILES string of the molecule is COc1cc(OC)c(NC(=O)COc2ccc3ccc(=O)oc3c2)cc1Cl. The van der Waals surface area contributed by atoms with Crippen LogP contribution >= 0.6 is 11.6 Å². The normalized spacial score (nSPS) is 10.5. The predicted octanol–water partition coefficient (Wildman–Crippen LogP) is 3.48. The fourth-order valence-corrected chi connectivity index (χ4v) is 2.66. The Balaban J connectivity index is 1.70. The lowest BCUT2D eigenvalue weighted by Crippen LogP contribution is -2.20. The van der Waals surface area contributed by atoms with Crippen LogP contribution in [0.1, 0.15) is 0 Å². The topological polar surface area (TPSA) is 87.0 Å². The summed E-state index contributed by atoms with van der Waals surface area (Å²) in [6.45, 7) is -0.255. The van der Waals surface area contributed by atoms with E-state index < -0.39 is 11.5 Å². The maximum Gasteiger partial charge on any atom is 0.336 e. The maximum atomic E-state index is 12.2. The smallest absolute Gasteiger partial charge is 0.336 e. The van der Waals surface area contributed by atoms with Crippen molar-refractivity contribution in [1.29, 1.82) is 0 Å². The molecule has 1 N–H and O–H groups in total. The molecule has 0 aliphatic carbocycles. The minimum atomic E-state index is -0.458. The van der Waals surface area contributed by atoms with Gasteiger partial charge in [-0.3, -0.25) is 4.79 Å². The second-order valence-corrected chi connectivity index (χ2v) is 5.89. The Kier molecular flexibility index (Phi) is 5.52. The number of fused-ring (bicyclic) bond motifs is 1. The molecule has 0 saturated carbocycles. The third-order valence-corrected chi connectivity index (χ3v) is 4.01. The molecule has 7 nitrogen and oxygen atoms in total. The summed E-state index contributed by atoms with van der Waals surface area (Å²) in [6, 6.07) is 11.1. The van der Waals surface area contributed by atoms with Crippen molar-refractivity contribution >= 4 is 34.2 Å². The van der Waals surface area contributed by atoms with E-state index in [4.69, 9.17) is 30.2 Å². The number of benzene rings is 2. The monoisotopic (exact) mass is 389 g/mol. The summed E-state index contributed by atoms with van der Waals surface area (Å²) in [5.41, 5.74) is 0.311. The number of carbonyl (C=O) groups excluding carboxylic acids is 1. The third-order valence-electron chi connectivity index (χ3n) is 3.71. The molecule has 1 amide bonds. The summed E-state index contributed by atoms with van der Waals surface area (Å²) in [6.07, 6.45) is 0. The Hall–Kier alpha value is -3.19. The van der Waals surface area contributed by atoms with E-state index in [1.165, 1.54) is 26.4 Å². The van der Waals surface area contributed by atoms with Crippen molar-refractivity contribution < 1.29 is 23.4 Å². The Morgan fingerprint density at radius 1 is 1.07 bits per heavy atom. The summed E-state index contributed by atoms with van der Waals surface area (Å²) in [5.74, 6) is 0.813. The molecule has 1 aromatic heterocycles. The van der Waals surface area contributed by atoms with Crippen LogP contribution in [0.3, 0.4) is 0 Å². The molecule has 0 unspecified atom stereocenters. The maximum absolute atomic E-state index is 12.2. The zero-order valence-corrected chi connectivity index (χ0v) is 15.3. The van der Waals surface area contributed by atoms with E-state index in [1.807, 2.05) is 0 Å². The standard InChI is InChI=1S/C19H16ClNO6/c1-24-16-9-17(25-2)14(8-13(16)20)21-18(22)10-26-12-5-3-11-4-6-19(23)27-15(11)7-12/h3-9H,10H2,1-2H3,(H,21,22). The lowest BCUT2D eigenvalue weighted by molar-refractivity contribution is -0.118. The van der Waals surface area contributed by atoms with Gasteiger partial charge in [-0.05, 0) is 24.3 Å². The van der Waals surface area contributed by atoms with Gasteiger partial charge in [-0.15, -0.1) is 0 Å². The molecule has 140 valence electrons. The molecule has 27 heavy (non-hydrogen) atoms. The number of rotatable bonds is 6. The highest BCUT2D eigenvalue weighted by atomic mass is 35.5. The Labute approximate surface area is 159 Å². The van der Waals surface area contributed by atoms with Crippen LogP contribution < -0.4 is 25.2 Å². The lowest BCUT2D eigenvalue weighted by Gasteiger charge is -2.13. The van der Waals surface area contributed by atoms with Crippen LogP contribution in [0.4, 0.5) is 5.69 Å². The first kappa shape index (κ1) is 18.6. The van der Waals surface area contributed by atoms with E-state index in [9.17, 15) is 9.59 Å². The van der Waals surface area contributed by atoms with Crippen LogP contribution in [-0.2, 0) is 4.79 Å². The second-order valence-electron chi connectivity index (χ2n) is 5.48. The summed E-state index contributed by atoms with van der Waals surface area (Å²) in [7, 11) is 2.95. The average molecular weight is 390 g/mol. The second kappa shape index (κ2) is 8.01. The molecule has 0 bridgehead atoms. The molecule has 2 aromatic carbocycles. The molecule has 0 spiro atoms. The summed E-state index contributed by atoms with van der Waals surface area (Å²) >= 11 is 6.08. The molecule has 1 heterocycles. The molecule has 0 radical (unpaired) electrons. The van der Waals surface area contributed by atoms with Crippen LogP contribution in [0.2, 0.25) is 5.02 Å². The summed E-state index contributed by atoms with van der Waals surface area (Å²) < 4.78 is 20.9. The molecular formula is C19H16ClNO6. The number of hydrogen-bond donors (Lipinski definition) is 1. The molecular weight excluding hydrogens is 374 g/mol.